The Labute approximate surface area is 68.4 Å². The number of thiocarbonyl (C=S) groups is 1. The van der Waals surface area contributed by atoms with E-state index in [0.29, 0.717) is 10.8 Å². The zero-order chi connectivity index (χ0) is 7.84. The van der Waals surface area contributed by atoms with Crippen molar-refractivity contribution in [3.63, 3.8) is 0 Å². The lowest BCUT2D eigenvalue weighted by atomic mass is 10.3. The molecular formula is C5H7N5S. The van der Waals surface area contributed by atoms with Gasteiger partial charge in [-0.1, -0.05) is 12.2 Å². The second kappa shape index (κ2) is 2.18. The molecule has 0 radical (unpaired) electrons. The average molecular weight is 169 g/mol. The predicted octanol–water partition coefficient (Wildman–Crippen LogP) is -0.657. The Kier molecular flexibility index (Phi) is 1.30. The molecule has 1 unspecified atom stereocenters. The first-order chi connectivity index (χ1) is 5.27. The maximum atomic E-state index is 5.54. The molecule has 1 aliphatic heterocycles. The summed E-state index contributed by atoms with van der Waals surface area (Å²) in [7, 11) is 0. The molecule has 1 aromatic heterocycles. The number of aromatic amines is 1. The number of imidazole rings is 1. The van der Waals surface area contributed by atoms with Gasteiger partial charge in [0.1, 0.15) is 10.7 Å². The summed E-state index contributed by atoms with van der Waals surface area (Å²) in [6, 6.07) is 0. The van der Waals surface area contributed by atoms with E-state index in [0.717, 1.165) is 5.69 Å². The fourth-order valence-electron chi connectivity index (χ4n) is 0.974. The number of aromatic nitrogens is 2. The normalized spacial score (nSPS) is 21.9. The zero-order valence-corrected chi connectivity index (χ0v) is 6.40. The van der Waals surface area contributed by atoms with E-state index in [-0.39, 0.29) is 6.29 Å². The summed E-state index contributed by atoms with van der Waals surface area (Å²) in [5.74, 6) is 0.709. The van der Waals surface area contributed by atoms with Crippen molar-refractivity contribution >= 4 is 23.0 Å². The molecule has 0 saturated heterocycles. The molecule has 1 aliphatic rings. The van der Waals surface area contributed by atoms with Gasteiger partial charge in [-0.3, -0.25) is 5.73 Å². The Balaban J connectivity index is 2.44. The number of rotatable bonds is 0. The lowest BCUT2D eigenvalue weighted by Crippen LogP contribution is -2.50. The topological polar surface area (TPSA) is 78.8 Å². The van der Waals surface area contributed by atoms with Crippen molar-refractivity contribution in [3.05, 3.63) is 12.0 Å². The standard InChI is InChI=1S/C5H7N5S/c6-5-9-3-2(4(11)10-5)7-1-8-3/h1,5,9H,6H2,(H,7,8)(H,10,11). The fraction of sp³-hybridized carbons (Fsp3) is 0.200. The highest BCUT2D eigenvalue weighted by Gasteiger charge is 2.19. The van der Waals surface area contributed by atoms with Crippen LogP contribution < -0.4 is 16.4 Å². The van der Waals surface area contributed by atoms with Crippen LogP contribution in [0.4, 0.5) is 5.82 Å². The summed E-state index contributed by atoms with van der Waals surface area (Å²) in [6.45, 7) is 0. The summed E-state index contributed by atoms with van der Waals surface area (Å²) >= 11 is 4.99. The van der Waals surface area contributed by atoms with Gasteiger partial charge >= 0.3 is 0 Å². The summed E-state index contributed by atoms with van der Waals surface area (Å²) in [4.78, 5) is 7.48. The molecule has 5 N–H and O–H groups in total. The minimum Gasteiger partial charge on any atom is -0.342 e. The maximum absolute atomic E-state index is 5.54. The number of H-pyrrole nitrogens is 1. The van der Waals surface area contributed by atoms with Crippen LogP contribution in [0.2, 0.25) is 0 Å². The Hall–Kier alpha value is -1.14. The van der Waals surface area contributed by atoms with Crippen LogP contribution in [0.5, 0.6) is 0 Å². The second-order valence-corrected chi connectivity index (χ2v) is 2.63. The molecule has 0 fully saturated rings. The molecule has 0 aliphatic carbocycles. The minimum absolute atomic E-state index is 0.335. The van der Waals surface area contributed by atoms with Gasteiger partial charge in [-0.25, -0.2) is 4.98 Å². The number of anilines is 1. The molecule has 0 spiro atoms. The number of hydrogen-bond acceptors (Lipinski definition) is 4. The maximum Gasteiger partial charge on any atom is 0.157 e. The fourth-order valence-corrected chi connectivity index (χ4v) is 1.26. The monoisotopic (exact) mass is 169 g/mol. The predicted molar refractivity (Wildman–Crippen MR) is 45.0 cm³/mol. The average Bonchev–Trinajstić information content (AvgIpc) is 2.34. The van der Waals surface area contributed by atoms with E-state index in [1.54, 1.807) is 6.33 Å². The van der Waals surface area contributed by atoms with Gasteiger partial charge in [-0.15, -0.1) is 0 Å². The van der Waals surface area contributed by atoms with Crippen molar-refractivity contribution in [2.75, 3.05) is 5.32 Å². The van der Waals surface area contributed by atoms with Gasteiger partial charge in [0.2, 0.25) is 0 Å². The van der Waals surface area contributed by atoms with Crippen molar-refractivity contribution in [2.24, 2.45) is 5.73 Å². The van der Waals surface area contributed by atoms with Crippen molar-refractivity contribution in [1.82, 2.24) is 15.3 Å². The van der Waals surface area contributed by atoms with E-state index in [4.69, 9.17) is 18.0 Å². The molecule has 0 aromatic carbocycles. The molecule has 1 aromatic rings. The van der Waals surface area contributed by atoms with Crippen molar-refractivity contribution < 1.29 is 0 Å². The first kappa shape index (κ1) is 6.56. The van der Waals surface area contributed by atoms with Gasteiger partial charge in [0, 0.05) is 0 Å². The number of nitrogens with zero attached hydrogens (tertiary/aromatic N) is 1. The Bertz CT molecular complexity index is 293. The highest BCUT2D eigenvalue weighted by atomic mass is 32.1. The van der Waals surface area contributed by atoms with E-state index in [2.05, 4.69) is 20.6 Å². The lowest BCUT2D eigenvalue weighted by Gasteiger charge is -2.22. The van der Waals surface area contributed by atoms with Gasteiger partial charge < -0.3 is 15.6 Å². The van der Waals surface area contributed by atoms with Gasteiger partial charge in [0.15, 0.2) is 12.1 Å². The van der Waals surface area contributed by atoms with Crippen LogP contribution in [-0.4, -0.2) is 21.2 Å². The van der Waals surface area contributed by atoms with Crippen LogP contribution in [-0.2, 0) is 0 Å². The molecule has 0 amide bonds. The molecule has 5 nitrogen and oxygen atoms in total. The largest absolute Gasteiger partial charge is 0.342 e. The molecule has 2 rings (SSSR count). The van der Waals surface area contributed by atoms with E-state index in [9.17, 15) is 0 Å². The molecule has 0 bridgehead atoms. The molecule has 2 heterocycles. The smallest absolute Gasteiger partial charge is 0.157 e. The molecule has 0 saturated carbocycles. The second-order valence-electron chi connectivity index (χ2n) is 2.22. The third-order valence-electron chi connectivity index (χ3n) is 1.45. The highest BCUT2D eigenvalue weighted by molar-refractivity contribution is 7.80. The number of nitrogens with two attached hydrogens (primary N) is 1. The number of nitrogens with one attached hydrogen (secondary N) is 3. The number of fused-ring (bicyclic) bond motifs is 1. The van der Waals surface area contributed by atoms with Crippen LogP contribution in [0.15, 0.2) is 6.33 Å². The van der Waals surface area contributed by atoms with Crippen molar-refractivity contribution in [1.29, 1.82) is 0 Å². The minimum atomic E-state index is -0.335. The van der Waals surface area contributed by atoms with Gasteiger partial charge in [0.05, 0.1) is 6.33 Å². The SMILES string of the molecule is NC1NC(=S)c2[nH]cnc2N1. The zero-order valence-electron chi connectivity index (χ0n) is 5.59. The molecule has 11 heavy (non-hydrogen) atoms. The quantitative estimate of drug-likeness (QED) is 0.388. The first-order valence-corrected chi connectivity index (χ1v) is 3.54. The molecular weight excluding hydrogens is 162 g/mol. The third-order valence-corrected chi connectivity index (χ3v) is 1.77. The van der Waals surface area contributed by atoms with Crippen LogP contribution in [0.3, 0.4) is 0 Å². The molecule has 1 atom stereocenters. The highest BCUT2D eigenvalue weighted by Crippen LogP contribution is 2.13. The Morgan fingerprint density at radius 2 is 2.36 bits per heavy atom. The van der Waals surface area contributed by atoms with Crippen molar-refractivity contribution in [2.45, 2.75) is 6.29 Å². The Morgan fingerprint density at radius 1 is 1.55 bits per heavy atom. The molecule has 58 valence electrons. The summed E-state index contributed by atoms with van der Waals surface area (Å²) in [6.07, 6.45) is 1.24. The van der Waals surface area contributed by atoms with Gasteiger partial charge in [-0.2, -0.15) is 0 Å². The first-order valence-electron chi connectivity index (χ1n) is 3.14. The van der Waals surface area contributed by atoms with Gasteiger partial charge in [0.25, 0.3) is 0 Å². The van der Waals surface area contributed by atoms with E-state index in [1.807, 2.05) is 0 Å². The van der Waals surface area contributed by atoms with Crippen LogP contribution in [0.25, 0.3) is 0 Å². The van der Waals surface area contributed by atoms with E-state index >= 15 is 0 Å². The van der Waals surface area contributed by atoms with Crippen LogP contribution in [0, 0.1) is 0 Å². The van der Waals surface area contributed by atoms with Crippen LogP contribution in [0.1, 0.15) is 5.69 Å². The lowest BCUT2D eigenvalue weighted by molar-refractivity contribution is 0.705. The summed E-state index contributed by atoms with van der Waals surface area (Å²) in [5, 5.41) is 5.76. The van der Waals surface area contributed by atoms with E-state index < -0.39 is 0 Å². The van der Waals surface area contributed by atoms with Gasteiger partial charge in [-0.05, 0) is 0 Å². The van der Waals surface area contributed by atoms with E-state index in [1.165, 1.54) is 0 Å². The summed E-state index contributed by atoms with van der Waals surface area (Å²) in [5.41, 5.74) is 6.33. The van der Waals surface area contributed by atoms with Crippen molar-refractivity contribution in [3.8, 4) is 0 Å². The molecule has 6 heteroatoms. The third kappa shape index (κ3) is 0.958. The number of hydrogen-bond donors (Lipinski definition) is 4. The van der Waals surface area contributed by atoms with Crippen LogP contribution >= 0.6 is 12.2 Å². The summed E-state index contributed by atoms with van der Waals surface area (Å²) < 4.78 is 0. The Morgan fingerprint density at radius 3 is 3.18 bits per heavy atom.